The van der Waals surface area contributed by atoms with Gasteiger partial charge in [0.15, 0.2) is 0 Å². The van der Waals surface area contributed by atoms with E-state index in [1.54, 1.807) is 18.7 Å². The molecule has 0 unspecified atom stereocenters. The summed E-state index contributed by atoms with van der Waals surface area (Å²) in [4.78, 5) is 9.57. The molecule has 6 heteroatoms. The average molecular weight is 276 g/mol. The van der Waals surface area contributed by atoms with E-state index in [0.29, 0.717) is 17.5 Å². The quantitative estimate of drug-likeness (QED) is 0.508. The van der Waals surface area contributed by atoms with Crippen molar-refractivity contribution < 1.29 is 4.74 Å². The topological polar surface area (TPSA) is 73.1 Å². The van der Waals surface area contributed by atoms with Gasteiger partial charge in [-0.05, 0) is 32.2 Å². The monoisotopic (exact) mass is 276 g/mol. The Kier molecular flexibility index (Phi) is 4.24. The minimum Gasteiger partial charge on any atom is -0.437 e. The molecule has 0 atom stereocenters. The lowest BCUT2D eigenvalue weighted by molar-refractivity contribution is 0.446. The number of ether oxygens (including phenoxy) is 1. The maximum Gasteiger partial charge on any atom is 0.227 e. The van der Waals surface area contributed by atoms with Crippen LogP contribution in [-0.4, -0.2) is 16.2 Å². The number of nitrogen functional groups attached to an aromatic ring is 1. The van der Waals surface area contributed by atoms with Crippen LogP contribution in [0.5, 0.6) is 11.6 Å². The molecular formula is C13H16N4OS. The van der Waals surface area contributed by atoms with Crippen LogP contribution in [0.3, 0.4) is 0 Å². The summed E-state index contributed by atoms with van der Waals surface area (Å²) in [5.41, 5.74) is 3.34. The molecule has 1 heterocycles. The first kappa shape index (κ1) is 13.6. The van der Waals surface area contributed by atoms with Crippen molar-refractivity contribution in [3.05, 3.63) is 35.7 Å². The van der Waals surface area contributed by atoms with Gasteiger partial charge in [-0.1, -0.05) is 12.1 Å². The van der Waals surface area contributed by atoms with Gasteiger partial charge >= 0.3 is 0 Å². The molecule has 0 saturated heterocycles. The normalized spacial score (nSPS) is 10.3. The van der Waals surface area contributed by atoms with Crippen molar-refractivity contribution in [3.63, 3.8) is 0 Å². The number of nitrogens with one attached hydrogen (secondary N) is 1. The predicted octanol–water partition coefficient (Wildman–Crippen LogP) is 2.89. The van der Waals surface area contributed by atoms with Gasteiger partial charge in [0.25, 0.3) is 0 Å². The van der Waals surface area contributed by atoms with Crippen LogP contribution in [0, 0.1) is 13.8 Å². The summed E-state index contributed by atoms with van der Waals surface area (Å²) in [6.07, 6.45) is 2.01. The molecule has 19 heavy (non-hydrogen) atoms. The van der Waals surface area contributed by atoms with Crippen LogP contribution in [-0.2, 0) is 0 Å². The van der Waals surface area contributed by atoms with Gasteiger partial charge in [-0.15, -0.1) is 11.8 Å². The van der Waals surface area contributed by atoms with Gasteiger partial charge in [-0.2, -0.15) is 4.98 Å². The summed E-state index contributed by atoms with van der Waals surface area (Å²) in [6.45, 7) is 3.67. The van der Waals surface area contributed by atoms with E-state index in [1.807, 2.05) is 37.4 Å². The minimum absolute atomic E-state index is 0.516. The maximum absolute atomic E-state index is 5.89. The Morgan fingerprint density at radius 2 is 1.95 bits per heavy atom. The Morgan fingerprint density at radius 1 is 1.21 bits per heavy atom. The highest BCUT2D eigenvalue weighted by Gasteiger charge is 2.12. The number of anilines is 1. The van der Waals surface area contributed by atoms with Gasteiger partial charge < -0.3 is 10.2 Å². The largest absolute Gasteiger partial charge is 0.437 e. The fraction of sp³-hybridized carbons (Fsp3) is 0.231. The van der Waals surface area contributed by atoms with Gasteiger partial charge in [0.05, 0.1) is 5.56 Å². The number of hydrogen-bond donors (Lipinski definition) is 2. The van der Waals surface area contributed by atoms with Crippen LogP contribution in [0.4, 0.5) is 5.82 Å². The number of aryl methyl sites for hydroxylation is 1. The SMILES string of the molecule is CSc1ccccc1Oc1nc(C)nc(NN)c1C. The van der Waals surface area contributed by atoms with Gasteiger partial charge in [0.2, 0.25) is 5.88 Å². The summed E-state index contributed by atoms with van der Waals surface area (Å²) < 4.78 is 5.89. The van der Waals surface area contributed by atoms with Gasteiger partial charge in [0, 0.05) is 4.90 Å². The summed E-state index contributed by atoms with van der Waals surface area (Å²) >= 11 is 1.63. The molecule has 0 fully saturated rings. The highest BCUT2D eigenvalue weighted by Crippen LogP contribution is 2.32. The molecule has 2 aromatic rings. The molecule has 0 amide bonds. The second-order valence-electron chi connectivity index (χ2n) is 3.95. The highest BCUT2D eigenvalue weighted by molar-refractivity contribution is 7.98. The van der Waals surface area contributed by atoms with Crippen molar-refractivity contribution in [3.8, 4) is 11.6 Å². The Balaban J connectivity index is 2.40. The van der Waals surface area contributed by atoms with Crippen LogP contribution in [0.1, 0.15) is 11.4 Å². The van der Waals surface area contributed by atoms with Crippen molar-refractivity contribution in [2.24, 2.45) is 5.84 Å². The number of thioether (sulfide) groups is 1. The van der Waals surface area contributed by atoms with Gasteiger partial charge in [-0.3, -0.25) is 0 Å². The van der Waals surface area contributed by atoms with Gasteiger partial charge in [-0.25, -0.2) is 10.8 Å². The highest BCUT2D eigenvalue weighted by atomic mass is 32.2. The average Bonchev–Trinajstić information content (AvgIpc) is 2.43. The van der Waals surface area contributed by atoms with Crippen LogP contribution in [0.2, 0.25) is 0 Å². The number of benzene rings is 1. The molecule has 1 aromatic heterocycles. The third kappa shape index (κ3) is 2.97. The zero-order chi connectivity index (χ0) is 13.8. The van der Waals surface area contributed by atoms with E-state index in [4.69, 9.17) is 10.6 Å². The Hall–Kier alpha value is -1.79. The van der Waals surface area contributed by atoms with E-state index in [1.165, 1.54) is 0 Å². The molecule has 0 aliphatic rings. The fourth-order valence-electron chi connectivity index (χ4n) is 1.65. The molecule has 2 rings (SSSR count). The van der Waals surface area contributed by atoms with E-state index in [2.05, 4.69) is 15.4 Å². The lowest BCUT2D eigenvalue weighted by Gasteiger charge is -2.13. The molecule has 0 bridgehead atoms. The number of para-hydroxylation sites is 1. The zero-order valence-electron chi connectivity index (χ0n) is 11.1. The lowest BCUT2D eigenvalue weighted by Crippen LogP contribution is -2.12. The van der Waals surface area contributed by atoms with E-state index in [0.717, 1.165) is 16.2 Å². The molecule has 5 nitrogen and oxygen atoms in total. The molecule has 0 radical (unpaired) electrons. The van der Waals surface area contributed by atoms with Gasteiger partial charge in [0.1, 0.15) is 17.4 Å². The van der Waals surface area contributed by atoms with Crippen LogP contribution in [0.25, 0.3) is 0 Å². The fourth-order valence-corrected chi connectivity index (χ4v) is 2.18. The predicted molar refractivity (Wildman–Crippen MR) is 77.6 cm³/mol. The number of rotatable bonds is 4. The summed E-state index contributed by atoms with van der Waals surface area (Å²) in [6, 6.07) is 7.83. The lowest BCUT2D eigenvalue weighted by atomic mass is 10.3. The van der Waals surface area contributed by atoms with Crippen LogP contribution in [0.15, 0.2) is 29.2 Å². The van der Waals surface area contributed by atoms with Crippen molar-refractivity contribution in [1.82, 2.24) is 9.97 Å². The number of hydrazine groups is 1. The van der Waals surface area contributed by atoms with Crippen LogP contribution >= 0.6 is 11.8 Å². The number of nitrogens with zero attached hydrogens (tertiary/aromatic N) is 2. The Labute approximate surface area is 116 Å². The van der Waals surface area contributed by atoms with E-state index in [9.17, 15) is 0 Å². The van der Waals surface area contributed by atoms with Crippen LogP contribution < -0.4 is 16.0 Å². The first-order valence-corrected chi connectivity index (χ1v) is 7.01. The summed E-state index contributed by atoms with van der Waals surface area (Å²) in [5.74, 6) is 7.91. The second kappa shape index (κ2) is 5.90. The third-order valence-electron chi connectivity index (χ3n) is 2.63. The van der Waals surface area contributed by atoms with E-state index < -0.39 is 0 Å². The standard InChI is InChI=1S/C13H16N4OS/c1-8-12(17-14)15-9(2)16-13(8)18-10-6-4-5-7-11(10)19-3/h4-7H,14H2,1-3H3,(H,15,16,17). The van der Waals surface area contributed by atoms with Crippen molar-refractivity contribution in [2.75, 3.05) is 11.7 Å². The number of nitrogens with two attached hydrogens (primary N) is 1. The number of hydrogen-bond acceptors (Lipinski definition) is 6. The molecule has 100 valence electrons. The van der Waals surface area contributed by atoms with E-state index >= 15 is 0 Å². The third-order valence-corrected chi connectivity index (χ3v) is 3.40. The molecule has 0 aliphatic heterocycles. The van der Waals surface area contributed by atoms with Crippen molar-refractivity contribution >= 4 is 17.6 Å². The molecule has 1 aromatic carbocycles. The second-order valence-corrected chi connectivity index (χ2v) is 4.79. The molecule has 0 saturated carbocycles. The molecular weight excluding hydrogens is 260 g/mol. The van der Waals surface area contributed by atoms with Crippen molar-refractivity contribution in [1.29, 1.82) is 0 Å². The van der Waals surface area contributed by atoms with Crippen molar-refractivity contribution in [2.45, 2.75) is 18.7 Å². The summed E-state index contributed by atoms with van der Waals surface area (Å²) in [7, 11) is 0. The molecule has 0 spiro atoms. The smallest absolute Gasteiger partial charge is 0.227 e. The summed E-state index contributed by atoms with van der Waals surface area (Å²) in [5, 5.41) is 0. The zero-order valence-corrected chi connectivity index (χ0v) is 11.9. The number of aromatic nitrogens is 2. The van der Waals surface area contributed by atoms with E-state index in [-0.39, 0.29) is 0 Å². The molecule has 3 N–H and O–H groups in total. The molecule has 0 aliphatic carbocycles. The first-order chi connectivity index (χ1) is 9.15. The minimum atomic E-state index is 0.516. The Bertz CT molecular complexity index is 589. The Morgan fingerprint density at radius 3 is 2.63 bits per heavy atom. The maximum atomic E-state index is 5.89. The first-order valence-electron chi connectivity index (χ1n) is 5.78.